The van der Waals surface area contributed by atoms with Crippen molar-refractivity contribution < 1.29 is 42.7 Å². The van der Waals surface area contributed by atoms with Gasteiger partial charge in [-0.25, -0.2) is 0 Å². The van der Waals surface area contributed by atoms with E-state index >= 15 is 0 Å². The minimum atomic E-state index is -0.140. The van der Waals surface area contributed by atoms with Crippen molar-refractivity contribution in [3.05, 3.63) is 0 Å². The molecule has 9 nitrogen and oxygen atoms in total. The van der Waals surface area contributed by atoms with Gasteiger partial charge in [0.05, 0.1) is 85.9 Å². The van der Waals surface area contributed by atoms with Gasteiger partial charge in [0.1, 0.15) is 6.61 Å². The second-order valence-electron chi connectivity index (χ2n) is 8.02. The smallest absolute Gasteiger partial charge is 0.305 e. The van der Waals surface area contributed by atoms with Crippen LogP contribution >= 0.6 is 0 Å². The molecule has 0 unspecified atom stereocenters. The molecule has 0 bridgehead atoms. The predicted octanol–water partition coefficient (Wildman–Crippen LogP) is 3.81. The van der Waals surface area contributed by atoms with E-state index < -0.39 is 0 Å². The second-order valence-corrected chi connectivity index (χ2v) is 8.02. The lowest BCUT2D eigenvalue weighted by atomic mass is 10.1. The van der Waals surface area contributed by atoms with Crippen molar-refractivity contribution in [3.8, 4) is 0 Å². The minimum Gasteiger partial charge on any atom is -0.463 e. The molecule has 9 heteroatoms. The van der Waals surface area contributed by atoms with Gasteiger partial charge in [-0.3, -0.25) is 4.79 Å². The van der Waals surface area contributed by atoms with Crippen LogP contribution in [0, 0.1) is 0 Å². The Balaban J connectivity index is 3.08. The summed E-state index contributed by atoms with van der Waals surface area (Å²) in [6, 6.07) is 0. The van der Waals surface area contributed by atoms with Crippen LogP contribution in [0.5, 0.6) is 0 Å². The number of ether oxygens (including phenoxy) is 8. The summed E-state index contributed by atoms with van der Waals surface area (Å²) in [6.45, 7) is 12.3. The molecule has 0 aliphatic rings. The highest BCUT2D eigenvalue weighted by molar-refractivity contribution is 5.69. The number of hydrogen-bond acceptors (Lipinski definition) is 9. The average molecular weight is 509 g/mol. The molecule has 0 N–H and O–H groups in total. The zero-order chi connectivity index (χ0) is 25.5. The van der Waals surface area contributed by atoms with Crippen LogP contribution in [0.3, 0.4) is 0 Å². The lowest BCUT2D eigenvalue weighted by Crippen LogP contribution is -2.15. The van der Waals surface area contributed by atoms with Crippen molar-refractivity contribution in [2.24, 2.45) is 0 Å². The fourth-order valence-electron chi connectivity index (χ4n) is 2.83. The van der Waals surface area contributed by atoms with Gasteiger partial charge in [0.15, 0.2) is 0 Å². The van der Waals surface area contributed by atoms with Gasteiger partial charge in [-0.1, -0.05) is 46.0 Å². The standard InChI is InChI=1S/C26H52O9/c1-3-5-7-8-9-10-26(27)35-25-24-34-23-22-33-21-20-32-19-18-31-17-16-30-15-14-29-13-12-28-11-6-4-2/h3-25H2,1-2H3. The van der Waals surface area contributed by atoms with Crippen LogP contribution in [0.4, 0.5) is 0 Å². The molecule has 0 aromatic rings. The highest BCUT2D eigenvalue weighted by Crippen LogP contribution is 2.05. The van der Waals surface area contributed by atoms with Gasteiger partial charge in [-0.05, 0) is 12.8 Å². The Morgan fingerprint density at radius 2 is 0.743 bits per heavy atom. The Hall–Kier alpha value is -0.810. The van der Waals surface area contributed by atoms with E-state index in [1.54, 1.807) is 0 Å². The van der Waals surface area contributed by atoms with E-state index in [1.807, 2.05) is 0 Å². The van der Waals surface area contributed by atoms with Crippen LogP contribution in [0.25, 0.3) is 0 Å². The molecular weight excluding hydrogens is 456 g/mol. The van der Waals surface area contributed by atoms with Crippen molar-refractivity contribution >= 4 is 5.97 Å². The fourth-order valence-corrected chi connectivity index (χ4v) is 2.83. The van der Waals surface area contributed by atoms with Crippen LogP contribution in [0.2, 0.25) is 0 Å². The van der Waals surface area contributed by atoms with E-state index in [9.17, 15) is 4.79 Å². The summed E-state index contributed by atoms with van der Waals surface area (Å²) in [6.07, 6.45) is 8.37. The molecule has 0 aliphatic heterocycles. The summed E-state index contributed by atoms with van der Waals surface area (Å²) < 4.78 is 43.1. The fraction of sp³-hybridized carbons (Fsp3) is 0.962. The van der Waals surface area contributed by atoms with Crippen LogP contribution in [-0.2, 0) is 42.7 Å². The van der Waals surface area contributed by atoms with Crippen LogP contribution in [-0.4, -0.2) is 105 Å². The van der Waals surface area contributed by atoms with E-state index in [4.69, 9.17) is 37.9 Å². The zero-order valence-corrected chi connectivity index (χ0v) is 22.4. The van der Waals surface area contributed by atoms with Gasteiger partial charge >= 0.3 is 5.97 Å². The first-order chi connectivity index (χ1) is 17.3. The molecule has 0 aromatic heterocycles. The van der Waals surface area contributed by atoms with Gasteiger partial charge in [0, 0.05) is 13.0 Å². The molecule has 0 heterocycles. The lowest BCUT2D eigenvalue weighted by Gasteiger charge is -2.08. The largest absolute Gasteiger partial charge is 0.463 e. The van der Waals surface area contributed by atoms with Crippen molar-refractivity contribution in [1.29, 1.82) is 0 Å². The van der Waals surface area contributed by atoms with Gasteiger partial charge in [0.25, 0.3) is 0 Å². The Morgan fingerprint density at radius 1 is 0.400 bits per heavy atom. The maximum absolute atomic E-state index is 11.6. The van der Waals surface area contributed by atoms with Crippen molar-refractivity contribution in [3.63, 3.8) is 0 Å². The van der Waals surface area contributed by atoms with E-state index in [1.165, 1.54) is 19.3 Å². The zero-order valence-electron chi connectivity index (χ0n) is 22.4. The monoisotopic (exact) mass is 508 g/mol. The van der Waals surface area contributed by atoms with E-state index in [0.29, 0.717) is 98.9 Å². The molecular formula is C26H52O9. The van der Waals surface area contributed by atoms with Gasteiger partial charge in [0.2, 0.25) is 0 Å². The molecule has 0 aromatic carbocycles. The Kier molecular flexibility index (Phi) is 30.5. The van der Waals surface area contributed by atoms with Crippen molar-refractivity contribution in [2.75, 3.05) is 99.1 Å². The molecule has 0 aliphatic carbocycles. The van der Waals surface area contributed by atoms with Gasteiger partial charge in [-0.15, -0.1) is 0 Å². The number of carbonyl (C=O) groups excluding carboxylic acids is 1. The third kappa shape index (κ3) is 31.2. The molecule has 0 rings (SSSR count). The van der Waals surface area contributed by atoms with E-state index in [-0.39, 0.29) is 5.97 Å². The molecule has 35 heavy (non-hydrogen) atoms. The number of rotatable bonds is 30. The van der Waals surface area contributed by atoms with Gasteiger partial charge < -0.3 is 37.9 Å². The summed E-state index contributed by atoms with van der Waals surface area (Å²) in [5, 5.41) is 0. The summed E-state index contributed by atoms with van der Waals surface area (Å²) >= 11 is 0. The maximum atomic E-state index is 11.6. The first-order valence-corrected chi connectivity index (χ1v) is 13.5. The predicted molar refractivity (Wildman–Crippen MR) is 135 cm³/mol. The molecule has 0 saturated carbocycles. The maximum Gasteiger partial charge on any atom is 0.305 e. The number of unbranched alkanes of at least 4 members (excludes halogenated alkanes) is 5. The Bertz CT molecular complexity index is 410. The molecule has 0 radical (unpaired) electrons. The van der Waals surface area contributed by atoms with Crippen molar-refractivity contribution in [1.82, 2.24) is 0 Å². The SMILES string of the molecule is CCCCCCCC(=O)OCCOCCOCCOCCOCCOCCOCCOCCCC. The first kappa shape index (κ1) is 34.2. The van der Waals surface area contributed by atoms with Gasteiger partial charge in [-0.2, -0.15) is 0 Å². The summed E-state index contributed by atoms with van der Waals surface area (Å²) in [7, 11) is 0. The third-order valence-corrected chi connectivity index (χ3v) is 4.85. The normalized spacial score (nSPS) is 11.3. The highest BCUT2D eigenvalue weighted by Gasteiger charge is 2.02. The quantitative estimate of drug-likeness (QED) is 0.106. The molecule has 0 spiro atoms. The van der Waals surface area contributed by atoms with Crippen LogP contribution in [0.1, 0.15) is 65.2 Å². The number of carbonyl (C=O) groups is 1. The first-order valence-electron chi connectivity index (χ1n) is 13.5. The van der Waals surface area contributed by atoms with Crippen LogP contribution < -0.4 is 0 Å². The molecule has 0 amide bonds. The molecule has 0 atom stereocenters. The minimum absolute atomic E-state index is 0.140. The Labute approximate surface area is 213 Å². The number of hydrogen-bond donors (Lipinski definition) is 0. The average Bonchev–Trinajstić information content (AvgIpc) is 2.86. The second kappa shape index (κ2) is 31.2. The lowest BCUT2D eigenvalue weighted by molar-refractivity contribution is -0.145. The van der Waals surface area contributed by atoms with E-state index in [0.717, 1.165) is 32.3 Å². The molecule has 0 fully saturated rings. The molecule has 210 valence electrons. The van der Waals surface area contributed by atoms with E-state index in [2.05, 4.69) is 13.8 Å². The van der Waals surface area contributed by atoms with Crippen LogP contribution in [0.15, 0.2) is 0 Å². The summed E-state index contributed by atoms with van der Waals surface area (Å²) in [4.78, 5) is 11.6. The third-order valence-electron chi connectivity index (χ3n) is 4.85. The highest BCUT2D eigenvalue weighted by atomic mass is 16.6. The summed E-state index contributed by atoms with van der Waals surface area (Å²) in [5.74, 6) is -0.140. The molecule has 0 saturated heterocycles. The number of esters is 1. The van der Waals surface area contributed by atoms with Crippen molar-refractivity contribution in [2.45, 2.75) is 65.2 Å². The topological polar surface area (TPSA) is 90.9 Å². The Morgan fingerprint density at radius 3 is 1.14 bits per heavy atom. The summed E-state index contributed by atoms with van der Waals surface area (Å²) in [5.41, 5.74) is 0.